The minimum absolute atomic E-state index is 0.00716. The summed E-state index contributed by atoms with van der Waals surface area (Å²) in [5.41, 5.74) is -1.50. The van der Waals surface area contributed by atoms with Crippen molar-refractivity contribution in [2.75, 3.05) is 0 Å². The maximum absolute atomic E-state index is 12.7. The largest absolute Gasteiger partial charge is 0.298 e. The lowest BCUT2D eigenvalue weighted by molar-refractivity contribution is -0.121. The first-order valence-electron chi connectivity index (χ1n) is 7.24. The number of halogens is 6. The Labute approximate surface area is 172 Å². The lowest BCUT2D eigenvalue weighted by Gasteiger charge is -2.34. The molecule has 2 aliphatic rings. The average Bonchev–Trinajstić information content (AvgIpc) is 2.46. The van der Waals surface area contributed by atoms with Crippen LogP contribution in [0.5, 0.6) is 0 Å². The van der Waals surface area contributed by atoms with Crippen LogP contribution in [0.3, 0.4) is 0 Å². The third-order valence-electron chi connectivity index (χ3n) is 4.48. The molecule has 0 fully saturated rings. The predicted octanol–water partition coefficient (Wildman–Crippen LogP) is 6.79. The predicted molar refractivity (Wildman–Crippen MR) is 105 cm³/mol. The maximum atomic E-state index is 12.7. The molecule has 0 aromatic carbocycles. The zero-order valence-corrected chi connectivity index (χ0v) is 17.5. The highest BCUT2D eigenvalue weighted by atomic mass is 35.6. The SMILES string of the molecule is CC1(C(Cl)(Cl)Cl)C=CC(C(=O)C2C=CC(C)(C(Cl)(Cl)Cl)C=C2)C=C1. The topological polar surface area (TPSA) is 17.1 Å². The van der Waals surface area contributed by atoms with Crippen molar-refractivity contribution >= 4 is 75.4 Å². The second-order valence-corrected chi connectivity index (χ2v) is 11.0. The van der Waals surface area contributed by atoms with Crippen molar-refractivity contribution in [2.24, 2.45) is 22.7 Å². The van der Waals surface area contributed by atoms with Crippen molar-refractivity contribution in [3.8, 4) is 0 Å². The Morgan fingerprint density at radius 1 is 0.708 bits per heavy atom. The van der Waals surface area contributed by atoms with Crippen molar-refractivity contribution in [3.63, 3.8) is 0 Å². The van der Waals surface area contributed by atoms with E-state index >= 15 is 0 Å². The van der Waals surface area contributed by atoms with E-state index in [0.29, 0.717) is 0 Å². The Morgan fingerprint density at radius 3 is 1.17 bits per heavy atom. The van der Waals surface area contributed by atoms with Crippen molar-refractivity contribution in [3.05, 3.63) is 48.6 Å². The normalized spacial score (nSPS) is 36.2. The summed E-state index contributed by atoms with van der Waals surface area (Å²) in [5.74, 6) is -0.767. The number of rotatable bonds is 2. The molecule has 0 atom stereocenters. The summed E-state index contributed by atoms with van der Waals surface area (Å²) in [6.07, 6.45) is 14.1. The van der Waals surface area contributed by atoms with E-state index in [1.165, 1.54) is 0 Å². The summed E-state index contributed by atoms with van der Waals surface area (Å²) in [6, 6.07) is 0. The molecule has 0 aliphatic heterocycles. The summed E-state index contributed by atoms with van der Waals surface area (Å²) in [4.78, 5) is 12.7. The molecule has 0 aromatic heterocycles. The van der Waals surface area contributed by atoms with E-state index < -0.39 is 18.4 Å². The van der Waals surface area contributed by atoms with Gasteiger partial charge in [-0.15, -0.1) is 0 Å². The minimum Gasteiger partial charge on any atom is -0.298 e. The Morgan fingerprint density at radius 2 is 0.958 bits per heavy atom. The average molecular weight is 449 g/mol. The zero-order chi connectivity index (χ0) is 18.4. The highest BCUT2D eigenvalue weighted by molar-refractivity contribution is 6.68. The summed E-state index contributed by atoms with van der Waals surface area (Å²) >= 11 is 35.9. The fraction of sp³-hybridized carbons (Fsp3) is 0.471. The molecule has 0 N–H and O–H groups in total. The molecular formula is C17H16Cl6O. The molecule has 0 radical (unpaired) electrons. The third-order valence-corrected chi connectivity index (χ3v) is 6.92. The number of carbonyl (C=O) groups excluding carboxylic acids is 1. The van der Waals surface area contributed by atoms with Gasteiger partial charge in [0, 0.05) is 0 Å². The van der Waals surface area contributed by atoms with Crippen LogP contribution in [0, 0.1) is 22.7 Å². The van der Waals surface area contributed by atoms with Gasteiger partial charge >= 0.3 is 0 Å². The summed E-state index contributed by atoms with van der Waals surface area (Å²) in [7, 11) is 0. The van der Waals surface area contributed by atoms with Crippen molar-refractivity contribution < 1.29 is 4.79 Å². The van der Waals surface area contributed by atoms with Crippen molar-refractivity contribution in [1.29, 1.82) is 0 Å². The highest BCUT2D eigenvalue weighted by Gasteiger charge is 2.44. The smallest absolute Gasteiger partial charge is 0.202 e. The second-order valence-electron chi connectivity index (χ2n) is 6.45. The van der Waals surface area contributed by atoms with Crippen molar-refractivity contribution in [1.82, 2.24) is 0 Å². The molecule has 2 aliphatic carbocycles. The molecule has 0 amide bonds. The van der Waals surface area contributed by atoms with Crippen LogP contribution in [0.2, 0.25) is 0 Å². The van der Waals surface area contributed by atoms with Gasteiger partial charge in [0.25, 0.3) is 0 Å². The van der Waals surface area contributed by atoms with Crippen LogP contribution in [-0.2, 0) is 4.79 Å². The molecular weight excluding hydrogens is 433 g/mol. The molecule has 7 heteroatoms. The molecule has 1 nitrogen and oxygen atoms in total. The first-order valence-corrected chi connectivity index (χ1v) is 9.50. The monoisotopic (exact) mass is 446 g/mol. The van der Waals surface area contributed by atoms with Crippen LogP contribution in [0.4, 0.5) is 0 Å². The molecule has 132 valence electrons. The molecule has 24 heavy (non-hydrogen) atoms. The van der Waals surface area contributed by atoms with E-state index in [1.54, 1.807) is 62.5 Å². The molecule has 0 aromatic rings. The number of hydrogen-bond donors (Lipinski definition) is 0. The Hall–Kier alpha value is 0.370. The fourth-order valence-corrected chi connectivity index (χ4v) is 3.19. The van der Waals surface area contributed by atoms with Gasteiger partial charge in [0.15, 0.2) is 5.78 Å². The lowest BCUT2D eigenvalue weighted by atomic mass is 9.78. The first kappa shape index (κ1) is 20.7. The third kappa shape index (κ3) is 4.03. The Balaban J connectivity index is 2.12. The summed E-state index contributed by atoms with van der Waals surface area (Å²) in [5, 5.41) is 0. The second kappa shape index (κ2) is 6.83. The van der Waals surface area contributed by atoms with E-state index in [4.69, 9.17) is 69.6 Å². The standard InChI is InChI=1S/C17H16Cl6O/c1-14(16(18,19)20)7-3-11(4-8-14)13(24)12-5-9-15(2,10-6-12)17(21,22)23/h3-12H,1-2H3. The molecule has 0 spiro atoms. The number of carbonyl (C=O) groups is 1. The van der Waals surface area contributed by atoms with Crippen LogP contribution < -0.4 is 0 Å². The van der Waals surface area contributed by atoms with Gasteiger partial charge in [-0.3, -0.25) is 4.79 Å². The number of alkyl halides is 6. The van der Waals surface area contributed by atoms with Crippen molar-refractivity contribution in [2.45, 2.75) is 21.4 Å². The molecule has 2 rings (SSSR count). The quantitative estimate of drug-likeness (QED) is 0.335. The molecule has 0 saturated heterocycles. The Bertz CT molecular complexity index is 550. The molecule has 0 unspecified atom stereocenters. The van der Waals surface area contributed by atoms with Crippen LogP contribution in [-0.4, -0.2) is 13.4 Å². The zero-order valence-electron chi connectivity index (χ0n) is 12.9. The van der Waals surface area contributed by atoms with Crippen LogP contribution in [0.15, 0.2) is 48.6 Å². The highest BCUT2D eigenvalue weighted by Crippen LogP contribution is 2.50. The van der Waals surface area contributed by atoms with Crippen LogP contribution in [0.1, 0.15) is 13.8 Å². The van der Waals surface area contributed by atoms with Gasteiger partial charge in [0.2, 0.25) is 7.59 Å². The van der Waals surface area contributed by atoms with E-state index in [-0.39, 0.29) is 17.6 Å². The summed E-state index contributed by atoms with van der Waals surface area (Å²) in [6.45, 7) is 3.58. The number of Topliss-reactive ketones (excluding diaryl/α,β-unsaturated/α-hetero) is 1. The van der Waals surface area contributed by atoms with Crippen LogP contribution in [0.25, 0.3) is 0 Å². The summed E-state index contributed by atoms with van der Waals surface area (Å²) < 4.78 is -2.96. The fourth-order valence-electron chi connectivity index (χ4n) is 2.43. The van der Waals surface area contributed by atoms with Gasteiger partial charge in [0.05, 0.1) is 22.7 Å². The number of ketones is 1. The first-order chi connectivity index (χ1) is 10.8. The molecule has 0 bridgehead atoms. The van der Waals surface area contributed by atoms with E-state index in [0.717, 1.165) is 0 Å². The minimum atomic E-state index is -1.48. The number of hydrogen-bond acceptors (Lipinski definition) is 1. The number of allylic oxidation sites excluding steroid dienone is 8. The van der Waals surface area contributed by atoms with Gasteiger partial charge in [-0.25, -0.2) is 0 Å². The molecule has 0 heterocycles. The maximum Gasteiger partial charge on any atom is 0.202 e. The van der Waals surface area contributed by atoms with E-state index in [1.807, 2.05) is 0 Å². The van der Waals surface area contributed by atoms with Gasteiger partial charge in [0.1, 0.15) is 0 Å². The van der Waals surface area contributed by atoms with Gasteiger partial charge in [-0.05, 0) is 13.8 Å². The lowest BCUT2D eigenvalue weighted by Crippen LogP contribution is -2.33. The van der Waals surface area contributed by atoms with Gasteiger partial charge < -0.3 is 0 Å². The van der Waals surface area contributed by atoms with Gasteiger partial charge in [-0.1, -0.05) is 118 Å². The van der Waals surface area contributed by atoms with E-state index in [2.05, 4.69) is 0 Å². The van der Waals surface area contributed by atoms with Gasteiger partial charge in [-0.2, -0.15) is 0 Å². The van der Waals surface area contributed by atoms with Crippen LogP contribution >= 0.6 is 69.6 Å². The molecule has 0 saturated carbocycles. The Kier molecular flexibility index (Phi) is 5.89. The van der Waals surface area contributed by atoms with E-state index in [9.17, 15) is 4.79 Å².